The Morgan fingerprint density at radius 3 is 2.55 bits per heavy atom. The highest BCUT2D eigenvalue weighted by Crippen LogP contribution is 2.22. The summed E-state index contributed by atoms with van der Waals surface area (Å²) in [6.07, 6.45) is 0.280. The largest absolute Gasteiger partial charge is 0.352 e. The van der Waals surface area contributed by atoms with Crippen LogP contribution in [0.2, 0.25) is 0 Å². The van der Waals surface area contributed by atoms with Crippen molar-refractivity contribution in [2.45, 2.75) is 33.2 Å². The van der Waals surface area contributed by atoms with E-state index in [-0.39, 0.29) is 36.9 Å². The number of aryl methyl sites for hydroxylation is 2. The second-order valence-corrected chi connectivity index (χ2v) is 6.58. The maximum absolute atomic E-state index is 13.4. The molecule has 1 heterocycles. The van der Waals surface area contributed by atoms with E-state index in [0.29, 0.717) is 11.1 Å². The number of hydrogen-bond donors (Lipinski definition) is 1. The van der Waals surface area contributed by atoms with E-state index in [1.54, 1.807) is 29.5 Å². The van der Waals surface area contributed by atoms with Crippen LogP contribution in [-0.4, -0.2) is 11.7 Å². The molecular formula is C17H18FNO2S. The van der Waals surface area contributed by atoms with Gasteiger partial charge in [-0.2, -0.15) is 0 Å². The van der Waals surface area contributed by atoms with Gasteiger partial charge >= 0.3 is 0 Å². The van der Waals surface area contributed by atoms with Crippen LogP contribution in [0.3, 0.4) is 0 Å². The lowest BCUT2D eigenvalue weighted by molar-refractivity contribution is -0.121. The average Bonchev–Trinajstić information content (AvgIpc) is 2.82. The number of nitrogens with one attached hydrogen (secondary N) is 1. The zero-order valence-electron chi connectivity index (χ0n) is 12.6. The van der Waals surface area contributed by atoms with Gasteiger partial charge in [0.1, 0.15) is 5.82 Å². The SMILES string of the molecule is Cc1cc(C(=O)CCC(=O)NCc2ccccc2F)c(C)s1. The minimum Gasteiger partial charge on any atom is -0.352 e. The summed E-state index contributed by atoms with van der Waals surface area (Å²) < 4.78 is 13.4. The third kappa shape index (κ3) is 4.24. The van der Waals surface area contributed by atoms with Crippen molar-refractivity contribution in [2.75, 3.05) is 0 Å². The van der Waals surface area contributed by atoms with Gasteiger partial charge in [0, 0.05) is 40.3 Å². The van der Waals surface area contributed by atoms with E-state index in [2.05, 4.69) is 5.32 Å². The number of rotatable bonds is 6. The molecule has 1 aromatic carbocycles. The van der Waals surface area contributed by atoms with Gasteiger partial charge in [-0.05, 0) is 26.0 Å². The average molecular weight is 319 g/mol. The molecular weight excluding hydrogens is 301 g/mol. The van der Waals surface area contributed by atoms with Gasteiger partial charge in [0.15, 0.2) is 5.78 Å². The van der Waals surface area contributed by atoms with Crippen molar-refractivity contribution >= 4 is 23.0 Å². The summed E-state index contributed by atoms with van der Waals surface area (Å²) >= 11 is 1.58. The molecule has 0 aliphatic rings. The first kappa shape index (κ1) is 16.4. The first-order valence-corrected chi connectivity index (χ1v) is 7.89. The highest BCUT2D eigenvalue weighted by Gasteiger charge is 2.13. The molecule has 0 radical (unpaired) electrons. The summed E-state index contributed by atoms with van der Waals surface area (Å²) in [4.78, 5) is 25.9. The summed E-state index contributed by atoms with van der Waals surface area (Å²) in [6, 6.07) is 8.16. The molecule has 2 aromatic rings. The molecule has 0 atom stereocenters. The maximum Gasteiger partial charge on any atom is 0.220 e. The van der Waals surface area contributed by atoms with Crippen LogP contribution >= 0.6 is 11.3 Å². The number of ketones is 1. The Morgan fingerprint density at radius 1 is 1.18 bits per heavy atom. The van der Waals surface area contributed by atoms with Gasteiger partial charge in [0.25, 0.3) is 0 Å². The molecule has 0 saturated heterocycles. The molecule has 1 aromatic heterocycles. The number of halogens is 1. The molecule has 3 nitrogen and oxygen atoms in total. The van der Waals surface area contributed by atoms with Crippen molar-refractivity contribution < 1.29 is 14.0 Å². The van der Waals surface area contributed by atoms with Gasteiger partial charge in [-0.1, -0.05) is 18.2 Å². The first-order chi connectivity index (χ1) is 10.5. The second kappa shape index (κ2) is 7.31. The van der Waals surface area contributed by atoms with Crippen LogP contribution in [0.5, 0.6) is 0 Å². The fraction of sp³-hybridized carbons (Fsp3) is 0.294. The molecule has 0 fully saturated rings. The molecule has 116 valence electrons. The summed E-state index contributed by atoms with van der Waals surface area (Å²) in [5.74, 6) is -0.618. The summed E-state index contributed by atoms with van der Waals surface area (Å²) in [5.41, 5.74) is 1.14. The summed E-state index contributed by atoms with van der Waals surface area (Å²) in [7, 11) is 0. The Kier molecular flexibility index (Phi) is 5.44. The molecule has 0 bridgehead atoms. The molecule has 22 heavy (non-hydrogen) atoms. The van der Waals surface area contributed by atoms with E-state index in [9.17, 15) is 14.0 Å². The standard InChI is InChI=1S/C17H18FNO2S/c1-11-9-14(12(2)22-11)16(20)7-8-17(21)19-10-13-5-3-4-6-15(13)18/h3-6,9H,7-8,10H2,1-2H3,(H,19,21). The van der Waals surface area contributed by atoms with E-state index in [4.69, 9.17) is 0 Å². The molecule has 5 heteroatoms. The molecule has 0 aliphatic heterocycles. The molecule has 2 rings (SSSR count). The molecule has 0 saturated carbocycles. The Balaban J connectivity index is 1.82. The lowest BCUT2D eigenvalue weighted by atomic mass is 10.1. The van der Waals surface area contributed by atoms with Crippen molar-refractivity contribution in [1.29, 1.82) is 0 Å². The number of Topliss-reactive ketones (excluding diaryl/α,β-unsaturated/α-hetero) is 1. The van der Waals surface area contributed by atoms with E-state index in [1.165, 1.54) is 6.07 Å². The van der Waals surface area contributed by atoms with Gasteiger partial charge < -0.3 is 5.32 Å². The number of carbonyl (C=O) groups excluding carboxylic acids is 2. The smallest absolute Gasteiger partial charge is 0.220 e. The molecule has 0 spiro atoms. The molecule has 1 amide bonds. The van der Waals surface area contributed by atoms with Crippen molar-refractivity contribution in [3.05, 3.63) is 57.0 Å². The molecule has 0 aliphatic carbocycles. The minimum atomic E-state index is -0.344. The minimum absolute atomic E-state index is 0.0251. The van der Waals surface area contributed by atoms with Crippen LogP contribution in [0.4, 0.5) is 4.39 Å². The number of amides is 1. The van der Waals surface area contributed by atoms with Crippen molar-refractivity contribution in [2.24, 2.45) is 0 Å². The zero-order valence-corrected chi connectivity index (χ0v) is 13.4. The first-order valence-electron chi connectivity index (χ1n) is 7.07. The van der Waals surface area contributed by atoms with E-state index in [1.807, 2.05) is 19.9 Å². The predicted molar refractivity (Wildman–Crippen MR) is 85.6 cm³/mol. The van der Waals surface area contributed by atoms with Crippen LogP contribution in [0.15, 0.2) is 30.3 Å². The van der Waals surface area contributed by atoms with Crippen molar-refractivity contribution in [3.63, 3.8) is 0 Å². The summed E-state index contributed by atoms with van der Waals surface area (Å²) in [6.45, 7) is 4.00. The lowest BCUT2D eigenvalue weighted by Gasteiger charge is -2.06. The molecule has 0 unspecified atom stereocenters. The van der Waals surface area contributed by atoms with Gasteiger partial charge in [0.2, 0.25) is 5.91 Å². The number of benzene rings is 1. The van der Waals surface area contributed by atoms with Crippen LogP contribution in [0, 0.1) is 19.7 Å². The Morgan fingerprint density at radius 2 is 1.91 bits per heavy atom. The maximum atomic E-state index is 13.4. The third-order valence-electron chi connectivity index (χ3n) is 3.35. The Bertz CT molecular complexity index is 694. The molecule has 1 N–H and O–H groups in total. The van der Waals surface area contributed by atoms with Crippen LogP contribution < -0.4 is 5.32 Å². The number of thiophene rings is 1. The van der Waals surface area contributed by atoms with Crippen molar-refractivity contribution in [1.82, 2.24) is 5.32 Å². The topological polar surface area (TPSA) is 46.2 Å². The highest BCUT2D eigenvalue weighted by atomic mass is 32.1. The Labute approximate surface area is 133 Å². The predicted octanol–water partition coefficient (Wildman–Crippen LogP) is 3.78. The monoisotopic (exact) mass is 319 g/mol. The zero-order chi connectivity index (χ0) is 16.1. The summed E-state index contributed by atoms with van der Waals surface area (Å²) in [5, 5.41) is 2.64. The highest BCUT2D eigenvalue weighted by molar-refractivity contribution is 7.12. The van der Waals surface area contributed by atoms with Crippen molar-refractivity contribution in [3.8, 4) is 0 Å². The number of hydrogen-bond acceptors (Lipinski definition) is 3. The lowest BCUT2D eigenvalue weighted by Crippen LogP contribution is -2.23. The van der Waals surface area contributed by atoms with E-state index >= 15 is 0 Å². The quantitative estimate of drug-likeness (QED) is 0.824. The fourth-order valence-corrected chi connectivity index (χ4v) is 3.14. The van der Waals surface area contributed by atoms with Gasteiger partial charge in [-0.25, -0.2) is 4.39 Å². The second-order valence-electron chi connectivity index (χ2n) is 5.12. The van der Waals surface area contributed by atoms with Gasteiger partial charge in [-0.15, -0.1) is 11.3 Å². The normalized spacial score (nSPS) is 10.5. The van der Waals surface area contributed by atoms with Crippen LogP contribution in [0.25, 0.3) is 0 Å². The fourth-order valence-electron chi connectivity index (χ4n) is 2.19. The van der Waals surface area contributed by atoms with Gasteiger partial charge in [-0.3, -0.25) is 9.59 Å². The van der Waals surface area contributed by atoms with Crippen LogP contribution in [0.1, 0.15) is 38.5 Å². The third-order valence-corrected chi connectivity index (χ3v) is 4.32. The van der Waals surface area contributed by atoms with Crippen LogP contribution in [-0.2, 0) is 11.3 Å². The number of carbonyl (C=O) groups is 2. The van der Waals surface area contributed by atoms with E-state index < -0.39 is 0 Å². The van der Waals surface area contributed by atoms with Gasteiger partial charge in [0.05, 0.1) is 0 Å². The Hall–Kier alpha value is -2.01. The van der Waals surface area contributed by atoms with E-state index in [0.717, 1.165) is 9.75 Å².